The van der Waals surface area contributed by atoms with Gasteiger partial charge >= 0.3 is 5.69 Å². The highest BCUT2D eigenvalue weighted by molar-refractivity contribution is 5.77. The molecule has 10 nitrogen and oxygen atoms in total. The second-order valence-corrected chi connectivity index (χ2v) is 6.66. The van der Waals surface area contributed by atoms with Gasteiger partial charge in [0.15, 0.2) is 11.2 Å². The predicted molar refractivity (Wildman–Crippen MR) is 106 cm³/mol. The van der Waals surface area contributed by atoms with Crippen molar-refractivity contribution in [2.75, 3.05) is 14.2 Å². The zero-order valence-corrected chi connectivity index (χ0v) is 16.9. The van der Waals surface area contributed by atoms with E-state index >= 15 is 0 Å². The molecule has 0 fully saturated rings. The predicted octanol–water partition coefficient (Wildman–Crippen LogP) is 0.328. The number of carbonyl (C=O) groups is 1. The van der Waals surface area contributed by atoms with E-state index in [0.29, 0.717) is 11.5 Å². The van der Waals surface area contributed by atoms with Crippen LogP contribution in [0.15, 0.2) is 34.1 Å². The molecule has 1 aromatic carbocycles. The summed E-state index contributed by atoms with van der Waals surface area (Å²) in [5.74, 6) is 0.710. The molecular weight excluding hydrogens is 378 g/mol. The van der Waals surface area contributed by atoms with Crippen LogP contribution in [0.5, 0.6) is 11.5 Å². The smallest absolute Gasteiger partial charge is 0.332 e. The van der Waals surface area contributed by atoms with E-state index < -0.39 is 29.7 Å². The maximum atomic E-state index is 12.7. The molecule has 0 spiro atoms. The Hall–Kier alpha value is -3.56. The number of methoxy groups -OCH3 is 2. The van der Waals surface area contributed by atoms with Crippen molar-refractivity contribution in [1.82, 2.24) is 24.0 Å². The second kappa shape index (κ2) is 7.82. The number of ether oxygens (including phenoxy) is 2. The summed E-state index contributed by atoms with van der Waals surface area (Å²) in [5, 5.41) is 2.80. The molecule has 0 bridgehead atoms. The van der Waals surface area contributed by atoms with Crippen LogP contribution < -0.4 is 26.0 Å². The van der Waals surface area contributed by atoms with Gasteiger partial charge in [0.2, 0.25) is 5.91 Å². The minimum atomic E-state index is -0.606. The topological polar surface area (TPSA) is 109 Å². The van der Waals surface area contributed by atoms with Crippen LogP contribution in [-0.4, -0.2) is 38.8 Å². The number of fused-ring (bicyclic) bond motifs is 1. The molecule has 0 aliphatic carbocycles. The van der Waals surface area contributed by atoms with Crippen molar-refractivity contribution >= 4 is 17.1 Å². The fraction of sp³-hybridized carbons (Fsp3) is 0.368. The minimum Gasteiger partial charge on any atom is -0.497 e. The van der Waals surface area contributed by atoms with E-state index in [-0.39, 0.29) is 11.2 Å². The first-order chi connectivity index (χ1) is 13.8. The van der Waals surface area contributed by atoms with Crippen LogP contribution in [-0.2, 0) is 25.4 Å². The number of nitrogens with one attached hydrogen (secondary N) is 1. The number of nitrogens with zero attached hydrogens (tertiary/aromatic N) is 4. The van der Waals surface area contributed by atoms with Gasteiger partial charge in [0.1, 0.15) is 18.0 Å². The number of hydrogen-bond donors (Lipinski definition) is 1. The van der Waals surface area contributed by atoms with E-state index in [0.717, 1.165) is 10.1 Å². The zero-order chi connectivity index (χ0) is 21.3. The summed E-state index contributed by atoms with van der Waals surface area (Å²) < 4.78 is 14.2. The van der Waals surface area contributed by atoms with E-state index in [4.69, 9.17) is 9.47 Å². The maximum absolute atomic E-state index is 12.7. The van der Waals surface area contributed by atoms with E-state index in [1.807, 2.05) is 0 Å². The molecule has 1 N–H and O–H groups in total. The molecule has 1 amide bonds. The lowest BCUT2D eigenvalue weighted by atomic mass is 10.1. The van der Waals surface area contributed by atoms with E-state index in [1.165, 1.54) is 29.6 Å². The molecule has 3 aromatic rings. The number of imidazole rings is 1. The molecule has 0 radical (unpaired) electrons. The first-order valence-electron chi connectivity index (χ1n) is 8.90. The summed E-state index contributed by atoms with van der Waals surface area (Å²) in [6.07, 6.45) is 1.45. The van der Waals surface area contributed by atoms with Crippen LogP contribution in [0.4, 0.5) is 0 Å². The van der Waals surface area contributed by atoms with Gasteiger partial charge in [0.05, 0.1) is 26.6 Å². The summed E-state index contributed by atoms with van der Waals surface area (Å²) in [5.41, 5.74) is 0.100. The first-order valence-corrected chi connectivity index (χ1v) is 8.90. The third-order valence-electron chi connectivity index (χ3n) is 4.79. The SMILES string of the molecule is COc1ccc(C(C)NC(=O)Cn2c(=O)c3c(ncn3C)n(C)c2=O)c(OC)c1. The quantitative estimate of drug-likeness (QED) is 0.637. The van der Waals surface area contributed by atoms with E-state index in [9.17, 15) is 14.4 Å². The summed E-state index contributed by atoms with van der Waals surface area (Å²) in [4.78, 5) is 41.9. The average molecular weight is 401 g/mol. The molecule has 0 aliphatic heterocycles. The van der Waals surface area contributed by atoms with Crippen molar-refractivity contribution in [1.29, 1.82) is 0 Å². The normalized spacial score (nSPS) is 12.0. The number of rotatable bonds is 6. The summed E-state index contributed by atoms with van der Waals surface area (Å²) in [6, 6.07) is 4.85. The Morgan fingerprint density at radius 3 is 2.59 bits per heavy atom. The fourth-order valence-corrected chi connectivity index (χ4v) is 3.22. The van der Waals surface area contributed by atoms with Gasteiger partial charge in [-0.3, -0.25) is 14.2 Å². The third-order valence-corrected chi connectivity index (χ3v) is 4.79. The maximum Gasteiger partial charge on any atom is 0.332 e. The van der Waals surface area contributed by atoms with Gasteiger partial charge in [0.25, 0.3) is 5.56 Å². The molecule has 154 valence electrons. The standard InChI is InChI=1S/C19H23N5O5/c1-11(13-7-6-12(28-4)8-14(13)29-5)21-15(25)9-24-18(26)16-17(20-10-22(16)2)23(3)19(24)27/h6-8,10-11H,9H2,1-5H3,(H,21,25). The van der Waals surface area contributed by atoms with Crippen molar-refractivity contribution in [3.8, 4) is 11.5 Å². The molecule has 2 heterocycles. The largest absolute Gasteiger partial charge is 0.497 e. The lowest BCUT2D eigenvalue weighted by Crippen LogP contribution is -2.43. The van der Waals surface area contributed by atoms with Gasteiger partial charge in [-0.2, -0.15) is 0 Å². The third kappa shape index (κ3) is 3.60. The molecule has 0 saturated carbocycles. The fourth-order valence-electron chi connectivity index (χ4n) is 3.22. The minimum absolute atomic E-state index is 0.254. The lowest BCUT2D eigenvalue weighted by molar-refractivity contribution is -0.122. The van der Waals surface area contributed by atoms with Gasteiger partial charge in [0, 0.05) is 25.7 Å². The Morgan fingerprint density at radius 1 is 1.21 bits per heavy atom. The van der Waals surface area contributed by atoms with Crippen molar-refractivity contribution < 1.29 is 14.3 Å². The van der Waals surface area contributed by atoms with Crippen LogP contribution >= 0.6 is 0 Å². The highest BCUT2D eigenvalue weighted by atomic mass is 16.5. The van der Waals surface area contributed by atoms with Crippen LogP contribution in [0, 0.1) is 0 Å². The summed E-state index contributed by atoms with van der Waals surface area (Å²) >= 11 is 0. The highest BCUT2D eigenvalue weighted by Crippen LogP contribution is 2.29. The van der Waals surface area contributed by atoms with Crippen LogP contribution in [0.1, 0.15) is 18.5 Å². The zero-order valence-electron chi connectivity index (χ0n) is 16.9. The first kappa shape index (κ1) is 20.2. The number of carbonyl (C=O) groups excluding carboxylic acids is 1. The Balaban J connectivity index is 1.88. The van der Waals surface area contributed by atoms with Crippen LogP contribution in [0.2, 0.25) is 0 Å². The molecule has 2 aromatic heterocycles. The van der Waals surface area contributed by atoms with Gasteiger partial charge in [-0.15, -0.1) is 0 Å². The van der Waals surface area contributed by atoms with Crippen molar-refractivity contribution in [2.45, 2.75) is 19.5 Å². The molecule has 1 atom stereocenters. The molecule has 0 aliphatic rings. The Labute approximate surface area is 166 Å². The summed E-state index contributed by atoms with van der Waals surface area (Å²) in [7, 11) is 6.25. The van der Waals surface area contributed by atoms with Gasteiger partial charge in [-0.1, -0.05) is 0 Å². The second-order valence-electron chi connectivity index (χ2n) is 6.66. The number of benzene rings is 1. The molecular formula is C19H23N5O5. The lowest BCUT2D eigenvalue weighted by Gasteiger charge is -2.18. The van der Waals surface area contributed by atoms with Gasteiger partial charge < -0.3 is 19.4 Å². The average Bonchev–Trinajstić information content (AvgIpc) is 3.10. The monoisotopic (exact) mass is 401 g/mol. The molecule has 1 unspecified atom stereocenters. The molecule has 29 heavy (non-hydrogen) atoms. The van der Waals surface area contributed by atoms with Crippen molar-refractivity contribution in [2.24, 2.45) is 14.1 Å². The number of hydrogen-bond acceptors (Lipinski definition) is 6. The van der Waals surface area contributed by atoms with Crippen molar-refractivity contribution in [3.63, 3.8) is 0 Å². The number of amides is 1. The Kier molecular flexibility index (Phi) is 5.44. The van der Waals surface area contributed by atoms with Gasteiger partial charge in [-0.25, -0.2) is 14.3 Å². The van der Waals surface area contributed by atoms with Gasteiger partial charge in [-0.05, 0) is 19.1 Å². The Bertz CT molecular complexity index is 1190. The number of aryl methyl sites for hydroxylation is 2. The van der Waals surface area contributed by atoms with E-state index in [2.05, 4.69) is 10.3 Å². The number of aromatic nitrogens is 4. The molecule has 0 saturated heterocycles. The molecule has 3 rings (SSSR count). The van der Waals surface area contributed by atoms with Crippen LogP contribution in [0.3, 0.4) is 0 Å². The summed E-state index contributed by atoms with van der Waals surface area (Å²) in [6.45, 7) is 1.38. The van der Waals surface area contributed by atoms with Crippen LogP contribution in [0.25, 0.3) is 11.2 Å². The Morgan fingerprint density at radius 2 is 1.93 bits per heavy atom. The highest BCUT2D eigenvalue weighted by Gasteiger charge is 2.19. The van der Waals surface area contributed by atoms with E-state index in [1.54, 1.807) is 39.3 Å². The molecule has 10 heteroatoms. The van der Waals surface area contributed by atoms with Crippen molar-refractivity contribution in [3.05, 3.63) is 50.9 Å².